The highest BCUT2D eigenvalue weighted by Crippen LogP contribution is 2.28. The standard InChI is InChI=1S/2C46H84N2O6Si2/c2*1-7-49-55(50-8-2,51-9-3)39-31-27-23-19-15-13-17-21-25-29-33-43-35-37-47-45(41-43)46-42-44(36-38-48-46)34-30-26-22-18-14-16-20-24-28-32-40-56(52-10-4,53-11-5)54-12-6/h2*35-38,41-42H,7-34,39-40H2,1-6H3. The van der Waals surface area contributed by atoms with Crippen LogP contribution in [-0.4, -0.2) is 134 Å². The number of pyridine rings is 4. The van der Waals surface area contributed by atoms with E-state index in [-0.39, 0.29) is 0 Å². The molecule has 0 fully saturated rings. The first kappa shape index (κ1) is 103. The lowest BCUT2D eigenvalue weighted by Gasteiger charge is -2.28. The van der Waals surface area contributed by atoms with Gasteiger partial charge in [0.25, 0.3) is 0 Å². The quantitative estimate of drug-likeness (QED) is 0.0303. The van der Waals surface area contributed by atoms with Crippen molar-refractivity contribution in [3.05, 3.63) is 95.6 Å². The van der Waals surface area contributed by atoms with E-state index >= 15 is 0 Å². The van der Waals surface area contributed by atoms with E-state index in [2.05, 4.69) is 48.5 Å². The zero-order chi connectivity index (χ0) is 80.8. The Balaban J connectivity index is 0.000000580. The molecule has 0 aliphatic heterocycles. The van der Waals surface area contributed by atoms with Crippen LogP contribution in [0.2, 0.25) is 24.2 Å². The van der Waals surface area contributed by atoms with Crippen LogP contribution >= 0.6 is 0 Å². The van der Waals surface area contributed by atoms with Crippen molar-refractivity contribution in [2.75, 3.05) is 79.3 Å². The average Bonchev–Trinajstić information content (AvgIpc) is 0.853. The first-order valence-corrected chi connectivity index (χ1v) is 54.2. The molecule has 0 aliphatic carbocycles. The summed E-state index contributed by atoms with van der Waals surface area (Å²) >= 11 is 0. The molecule has 0 aliphatic rings. The summed E-state index contributed by atoms with van der Waals surface area (Å²) in [6, 6.07) is 21.5. The highest BCUT2D eigenvalue weighted by atomic mass is 28.4. The lowest BCUT2D eigenvalue weighted by molar-refractivity contribution is 0.0698. The van der Waals surface area contributed by atoms with Crippen molar-refractivity contribution in [2.24, 2.45) is 0 Å². The molecule has 20 heteroatoms. The molecule has 0 spiro atoms. The van der Waals surface area contributed by atoms with Crippen LogP contribution in [0.4, 0.5) is 0 Å². The predicted octanol–water partition coefficient (Wildman–Crippen LogP) is 26.3. The van der Waals surface area contributed by atoms with Crippen molar-refractivity contribution < 1.29 is 53.1 Å². The van der Waals surface area contributed by atoms with Crippen LogP contribution in [0.25, 0.3) is 22.8 Å². The summed E-state index contributed by atoms with van der Waals surface area (Å²) in [4.78, 5) is 18.8. The average molecular weight is 1630 g/mol. The van der Waals surface area contributed by atoms with E-state index < -0.39 is 35.2 Å². The minimum atomic E-state index is -2.47. The van der Waals surface area contributed by atoms with E-state index in [9.17, 15) is 0 Å². The van der Waals surface area contributed by atoms with Crippen LogP contribution < -0.4 is 0 Å². The number of unbranched alkanes of at least 4 members (excludes halogenated alkanes) is 36. The van der Waals surface area contributed by atoms with Gasteiger partial charge in [-0.2, -0.15) is 0 Å². The molecule has 16 nitrogen and oxygen atoms in total. The van der Waals surface area contributed by atoms with Gasteiger partial charge in [0.05, 0.1) is 22.8 Å². The molecule has 0 aromatic carbocycles. The van der Waals surface area contributed by atoms with E-state index in [0.29, 0.717) is 79.3 Å². The van der Waals surface area contributed by atoms with Gasteiger partial charge in [0.1, 0.15) is 0 Å². The maximum atomic E-state index is 5.99. The van der Waals surface area contributed by atoms with Crippen LogP contribution in [0.3, 0.4) is 0 Å². The molecule has 112 heavy (non-hydrogen) atoms. The molecular formula is C92H168N4O12Si4. The molecule has 4 aromatic heterocycles. The maximum absolute atomic E-state index is 5.99. The normalized spacial score (nSPS) is 12.2. The van der Waals surface area contributed by atoms with Crippen molar-refractivity contribution >= 4 is 35.2 Å². The molecule has 0 unspecified atom stereocenters. The van der Waals surface area contributed by atoms with Crippen LogP contribution in [0, 0.1) is 0 Å². The molecule has 0 N–H and O–H groups in total. The second kappa shape index (κ2) is 69.9. The van der Waals surface area contributed by atoms with Gasteiger partial charge in [0, 0.05) is 128 Å². The molecule has 0 radical (unpaired) electrons. The number of rotatable bonds is 78. The Bertz CT molecular complexity index is 2350. The van der Waals surface area contributed by atoms with E-state index in [1.165, 1.54) is 253 Å². The van der Waals surface area contributed by atoms with Crippen LogP contribution in [-0.2, 0) is 78.8 Å². The highest BCUT2D eigenvalue weighted by molar-refractivity contribution is 6.61. The van der Waals surface area contributed by atoms with E-state index in [1.807, 2.05) is 108 Å². The molecule has 4 rings (SSSR count). The van der Waals surface area contributed by atoms with Crippen molar-refractivity contribution in [2.45, 2.75) is 390 Å². The molecule has 4 aromatic rings. The Morgan fingerprint density at radius 3 is 0.438 bits per heavy atom. The third-order valence-corrected chi connectivity index (χ3v) is 33.6. The summed E-state index contributed by atoms with van der Waals surface area (Å²) in [7, 11) is -9.88. The van der Waals surface area contributed by atoms with Crippen molar-refractivity contribution in [3.63, 3.8) is 0 Å². The molecule has 4 heterocycles. The summed E-state index contributed by atoms with van der Waals surface area (Å²) in [6.45, 7) is 32.4. The van der Waals surface area contributed by atoms with Crippen molar-refractivity contribution in [1.29, 1.82) is 0 Å². The van der Waals surface area contributed by atoms with Gasteiger partial charge in [-0.25, -0.2) is 0 Å². The Morgan fingerprint density at radius 1 is 0.179 bits per heavy atom. The van der Waals surface area contributed by atoms with Crippen LogP contribution in [0.5, 0.6) is 0 Å². The van der Waals surface area contributed by atoms with Gasteiger partial charge in [0.15, 0.2) is 0 Å². The highest BCUT2D eigenvalue weighted by Gasteiger charge is 2.42. The van der Waals surface area contributed by atoms with E-state index in [4.69, 9.17) is 73.0 Å². The van der Waals surface area contributed by atoms with Crippen molar-refractivity contribution in [3.8, 4) is 22.8 Å². The summed E-state index contributed by atoms with van der Waals surface area (Å²) < 4.78 is 71.9. The SMILES string of the molecule is CCO[Si](CCCCCCCCCCCCc1ccnc(-c2cc(CCCCCCCCCCCC[Si](OCC)(OCC)OCC)ccn2)c1)(OCC)OCC.CCO[Si](CCCCCCCCCCCCc1ccnc(-c2cc(CCCCCCCCCCCC[Si](OCC)(OCC)OCC)ccn2)c1)(OCC)OCC. The van der Waals surface area contributed by atoms with Gasteiger partial charge in [0.2, 0.25) is 0 Å². The van der Waals surface area contributed by atoms with Gasteiger partial charge >= 0.3 is 35.2 Å². The second-order valence-corrected chi connectivity index (χ2v) is 41.2. The zero-order valence-corrected chi connectivity index (χ0v) is 78.0. The molecule has 644 valence electrons. The third kappa shape index (κ3) is 48.8. The van der Waals surface area contributed by atoms with Gasteiger partial charge < -0.3 is 53.1 Å². The first-order chi connectivity index (χ1) is 55.0. The monoisotopic (exact) mass is 1630 g/mol. The zero-order valence-electron chi connectivity index (χ0n) is 74.0. The molecule has 0 saturated heterocycles. The largest absolute Gasteiger partial charge is 0.500 e. The number of nitrogens with zero attached hydrogens (tertiary/aromatic N) is 4. The minimum Gasteiger partial charge on any atom is -0.374 e. The van der Waals surface area contributed by atoms with Gasteiger partial charge in [-0.05, 0) is 231 Å². The molecule has 0 atom stereocenters. The Labute approximate surface area is 691 Å². The summed E-state index contributed by atoms with van der Waals surface area (Å²) in [5.41, 5.74) is 9.52. The van der Waals surface area contributed by atoms with Crippen LogP contribution in [0.1, 0.15) is 362 Å². The lowest BCUT2D eigenvalue weighted by Crippen LogP contribution is -2.45. The fourth-order valence-electron chi connectivity index (χ4n) is 15.4. The number of hydrogen-bond donors (Lipinski definition) is 0. The Hall–Kier alpha value is -3.01. The second-order valence-electron chi connectivity index (χ2n) is 30.3. The molecular weight excluding hydrogens is 1470 g/mol. The fraction of sp³-hybridized carbons (Fsp3) is 0.783. The number of hydrogen-bond acceptors (Lipinski definition) is 16. The summed E-state index contributed by atoms with van der Waals surface area (Å²) in [5, 5.41) is 0. The van der Waals surface area contributed by atoms with E-state index in [1.54, 1.807) is 0 Å². The minimum absolute atomic E-state index is 0.663. The van der Waals surface area contributed by atoms with Crippen LogP contribution in [0.15, 0.2) is 73.3 Å². The third-order valence-electron chi connectivity index (χ3n) is 21.0. The first-order valence-electron chi connectivity index (χ1n) is 46.5. The predicted molar refractivity (Wildman–Crippen MR) is 476 cm³/mol. The van der Waals surface area contributed by atoms with E-state index in [0.717, 1.165) is 98.3 Å². The molecule has 0 saturated carbocycles. The number of aromatic nitrogens is 4. The van der Waals surface area contributed by atoms with Crippen molar-refractivity contribution in [1.82, 2.24) is 19.9 Å². The summed E-state index contributed by atoms with van der Waals surface area (Å²) in [5.74, 6) is 0. The maximum Gasteiger partial charge on any atom is 0.500 e. The topological polar surface area (TPSA) is 162 Å². The van der Waals surface area contributed by atoms with Gasteiger partial charge in [-0.1, -0.05) is 205 Å². The Kier molecular flexibility index (Phi) is 64.4. The summed E-state index contributed by atoms with van der Waals surface area (Å²) in [6.07, 6.45) is 63.9. The lowest BCUT2D eigenvalue weighted by atomic mass is 10.0. The van der Waals surface area contributed by atoms with Gasteiger partial charge in [-0.3, -0.25) is 19.9 Å². The fourth-order valence-corrected chi connectivity index (χ4v) is 26.2. The Morgan fingerprint density at radius 2 is 0.304 bits per heavy atom. The molecule has 0 bridgehead atoms. The smallest absolute Gasteiger partial charge is 0.374 e. The van der Waals surface area contributed by atoms with Gasteiger partial charge in [-0.15, -0.1) is 0 Å². The number of aryl methyl sites for hydroxylation is 4. The molecule has 0 amide bonds.